The third kappa shape index (κ3) is 2.84. The number of aromatic nitrogens is 1. The van der Waals surface area contributed by atoms with Crippen molar-refractivity contribution in [3.05, 3.63) is 47.8 Å². The largest absolute Gasteiger partial charge is 0.256 e. The number of pyridine rings is 1. The average Bonchev–Trinajstić information content (AvgIpc) is 2.38. The summed E-state index contributed by atoms with van der Waals surface area (Å²) in [6.45, 7) is 3.76. The topological polar surface area (TPSA) is 47.0 Å². The van der Waals surface area contributed by atoms with Crippen molar-refractivity contribution in [3.63, 3.8) is 0 Å². The van der Waals surface area contributed by atoms with Gasteiger partial charge in [0.25, 0.3) is 0 Å². The molecule has 2 aromatic rings. The van der Waals surface area contributed by atoms with E-state index in [1.54, 1.807) is 13.0 Å². The molecule has 2 rings (SSSR count). The molecule has 19 heavy (non-hydrogen) atoms. The highest BCUT2D eigenvalue weighted by molar-refractivity contribution is 7.90. The number of hydrogen-bond acceptors (Lipinski definition) is 3. The van der Waals surface area contributed by atoms with Gasteiger partial charge in [-0.1, -0.05) is 37.3 Å². The highest BCUT2D eigenvalue weighted by Gasteiger charge is 2.16. The summed E-state index contributed by atoms with van der Waals surface area (Å²) in [6, 6.07) is 11.5. The Morgan fingerprint density at radius 2 is 1.79 bits per heavy atom. The first-order valence-corrected chi connectivity index (χ1v) is 8.08. The smallest absolute Gasteiger partial charge is 0.177 e. The Morgan fingerprint density at radius 3 is 2.32 bits per heavy atom. The van der Waals surface area contributed by atoms with E-state index in [4.69, 9.17) is 0 Å². The van der Waals surface area contributed by atoms with E-state index in [1.807, 2.05) is 37.3 Å². The SMILES string of the molecule is CCc1nc(C)c(S(C)(=O)=O)cc1-c1ccccc1. The van der Waals surface area contributed by atoms with Crippen molar-refractivity contribution in [3.8, 4) is 11.1 Å². The number of sulfone groups is 1. The van der Waals surface area contributed by atoms with Gasteiger partial charge in [-0.15, -0.1) is 0 Å². The molecule has 0 aliphatic heterocycles. The van der Waals surface area contributed by atoms with Crippen LogP contribution in [0.3, 0.4) is 0 Å². The zero-order valence-corrected chi connectivity index (χ0v) is 12.2. The molecule has 0 radical (unpaired) electrons. The summed E-state index contributed by atoms with van der Waals surface area (Å²) < 4.78 is 23.6. The second-order valence-corrected chi connectivity index (χ2v) is 6.54. The first-order valence-electron chi connectivity index (χ1n) is 6.19. The van der Waals surface area contributed by atoms with Gasteiger partial charge in [-0.2, -0.15) is 0 Å². The molecule has 0 fully saturated rings. The predicted octanol–water partition coefficient (Wildman–Crippen LogP) is 3.02. The molecular weight excluding hydrogens is 258 g/mol. The first kappa shape index (κ1) is 13.7. The number of benzene rings is 1. The summed E-state index contributed by atoms with van der Waals surface area (Å²) in [5, 5.41) is 0. The minimum atomic E-state index is -3.25. The standard InChI is InChI=1S/C15H17NO2S/c1-4-14-13(12-8-6-5-7-9-12)10-15(11(2)16-14)19(3,17)18/h5-10H,4H2,1-3H3. The number of aryl methyl sites for hydroxylation is 2. The van der Waals surface area contributed by atoms with Gasteiger partial charge in [0.1, 0.15) is 0 Å². The Labute approximate surface area is 114 Å². The van der Waals surface area contributed by atoms with Crippen molar-refractivity contribution < 1.29 is 8.42 Å². The van der Waals surface area contributed by atoms with Crippen LogP contribution in [0.1, 0.15) is 18.3 Å². The number of rotatable bonds is 3. The van der Waals surface area contributed by atoms with Crippen LogP contribution >= 0.6 is 0 Å². The summed E-state index contributed by atoms with van der Waals surface area (Å²) >= 11 is 0. The van der Waals surface area contributed by atoms with Crippen molar-refractivity contribution in [2.75, 3.05) is 6.26 Å². The maximum absolute atomic E-state index is 11.8. The van der Waals surface area contributed by atoms with Gasteiger partial charge >= 0.3 is 0 Å². The van der Waals surface area contributed by atoms with Crippen LogP contribution in [0.5, 0.6) is 0 Å². The van der Waals surface area contributed by atoms with Gasteiger partial charge in [0.15, 0.2) is 9.84 Å². The molecule has 0 unspecified atom stereocenters. The maximum Gasteiger partial charge on any atom is 0.177 e. The van der Waals surface area contributed by atoms with Gasteiger partial charge in [-0.05, 0) is 25.0 Å². The zero-order chi connectivity index (χ0) is 14.0. The van der Waals surface area contributed by atoms with Crippen molar-refractivity contribution in [1.29, 1.82) is 0 Å². The summed E-state index contributed by atoms with van der Waals surface area (Å²) in [5.74, 6) is 0. The van der Waals surface area contributed by atoms with Gasteiger partial charge in [-0.25, -0.2) is 8.42 Å². The Balaban J connectivity index is 2.73. The van der Waals surface area contributed by atoms with E-state index in [-0.39, 0.29) is 0 Å². The molecule has 0 saturated heterocycles. The minimum Gasteiger partial charge on any atom is -0.256 e. The van der Waals surface area contributed by atoms with Crippen LogP contribution in [0.25, 0.3) is 11.1 Å². The maximum atomic E-state index is 11.8. The van der Waals surface area contributed by atoms with Crippen LogP contribution in [-0.2, 0) is 16.3 Å². The fourth-order valence-corrected chi connectivity index (χ4v) is 3.06. The Hall–Kier alpha value is -1.68. The van der Waals surface area contributed by atoms with E-state index >= 15 is 0 Å². The normalized spacial score (nSPS) is 11.5. The lowest BCUT2D eigenvalue weighted by Crippen LogP contribution is -2.05. The highest BCUT2D eigenvalue weighted by Crippen LogP contribution is 2.27. The van der Waals surface area contributed by atoms with Crippen molar-refractivity contribution in [1.82, 2.24) is 4.98 Å². The molecule has 0 aliphatic rings. The molecular formula is C15H17NO2S. The van der Waals surface area contributed by atoms with Gasteiger partial charge in [0.2, 0.25) is 0 Å². The fraction of sp³-hybridized carbons (Fsp3) is 0.267. The molecule has 100 valence electrons. The van der Waals surface area contributed by atoms with Crippen LogP contribution in [0, 0.1) is 6.92 Å². The monoisotopic (exact) mass is 275 g/mol. The first-order chi connectivity index (χ1) is 8.93. The molecule has 0 aliphatic carbocycles. The van der Waals surface area contributed by atoms with E-state index in [2.05, 4.69) is 4.98 Å². The lowest BCUT2D eigenvalue weighted by Gasteiger charge is -2.12. The van der Waals surface area contributed by atoms with Crippen LogP contribution in [0.15, 0.2) is 41.3 Å². The van der Waals surface area contributed by atoms with Crippen LogP contribution in [0.2, 0.25) is 0 Å². The predicted molar refractivity (Wildman–Crippen MR) is 76.9 cm³/mol. The van der Waals surface area contributed by atoms with E-state index in [0.29, 0.717) is 10.6 Å². The number of hydrogen-bond donors (Lipinski definition) is 0. The molecule has 0 amide bonds. The molecule has 1 aromatic heterocycles. The molecule has 1 aromatic carbocycles. The van der Waals surface area contributed by atoms with E-state index in [9.17, 15) is 8.42 Å². The van der Waals surface area contributed by atoms with Crippen molar-refractivity contribution in [2.45, 2.75) is 25.2 Å². The van der Waals surface area contributed by atoms with Crippen LogP contribution in [-0.4, -0.2) is 19.7 Å². The van der Waals surface area contributed by atoms with Crippen LogP contribution in [0.4, 0.5) is 0 Å². The van der Waals surface area contributed by atoms with Gasteiger partial charge in [-0.3, -0.25) is 4.98 Å². The third-order valence-corrected chi connectivity index (χ3v) is 4.28. The van der Waals surface area contributed by atoms with Crippen molar-refractivity contribution in [2.24, 2.45) is 0 Å². The van der Waals surface area contributed by atoms with Gasteiger partial charge in [0.05, 0.1) is 10.6 Å². The molecule has 3 nitrogen and oxygen atoms in total. The molecule has 0 N–H and O–H groups in total. The van der Waals surface area contributed by atoms with E-state index < -0.39 is 9.84 Å². The molecule has 4 heteroatoms. The molecule has 1 heterocycles. The molecule has 0 spiro atoms. The van der Waals surface area contributed by atoms with Crippen LogP contribution < -0.4 is 0 Å². The fourth-order valence-electron chi connectivity index (χ4n) is 2.15. The molecule has 0 atom stereocenters. The lowest BCUT2D eigenvalue weighted by molar-refractivity contribution is 0.600. The molecule has 0 bridgehead atoms. The van der Waals surface area contributed by atoms with Crippen molar-refractivity contribution >= 4 is 9.84 Å². The molecule has 0 saturated carbocycles. The summed E-state index contributed by atoms with van der Waals surface area (Å²) in [7, 11) is -3.25. The zero-order valence-electron chi connectivity index (χ0n) is 11.3. The second-order valence-electron chi connectivity index (χ2n) is 4.56. The summed E-state index contributed by atoms with van der Waals surface area (Å²) in [5.41, 5.74) is 3.39. The third-order valence-electron chi connectivity index (χ3n) is 3.06. The Morgan fingerprint density at radius 1 is 1.16 bits per heavy atom. The quantitative estimate of drug-likeness (QED) is 0.865. The number of nitrogens with zero attached hydrogens (tertiary/aromatic N) is 1. The Bertz CT molecular complexity index is 692. The second kappa shape index (κ2) is 5.13. The summed E-state index contributed by atoms with van der Waals surface area (Å²) in [6.07, 6.45) is 1.99. The summed E-state index contributed by atoms with van der Waals surface area (Å²) in [4.78, 5) is 4.76. The Kier molecular flexibility index (Phi) is 3.71. The van der Waals surface area contributed by atoms with E-state index in [0.717, 1.165) is 23.2 Å². The highest BCUT2D eigenvalue weighted by atomic mass is 32.2. The van der Waals surface area contributed by atoms with E-state index in [1.165, 1.54) is 6.26 Å². The minimum absolute atomic E-state index is 0.309. The average molecular weight is 275 g/mol. The lowest BCUT2D eigenvalue weighted by atomic mass is 10.0. The van der Waals surface area contributed by atoms with Gasteiger partial charge < -0.3 is 0 Å². The van der Waals surface area contributed by atoms with Gasteiger partial charge in [0, 0.05) is 17.5 Å².